The van der Waals surface area contributed by atoms with Gasteiger partial charge in [-0.05, 0) is 42.2 Å². The van der Waals surface area contributed by atoms with Crippen LogP contribution in [0.5, 0.6) is 0 Å². The molecule has 0 aliphatic rings. The molecule has 1 N–H and O–H groups in total. The Balaban J connectivity index is 1.32. The van der Waals surface area contributed by atoms with Gasteiger partial charge in [-0.2, -0.15) is 0 Å². The number of imidazole rings is 1. The van der Waals surface area contributed by atoms with Gasteiger partial charge in [0, 0.05) is 18.5 Å². The first-order chi connectivity index (χ1) is 20.9. The van der Waals surface area contributed by atoms with E-state index in [1.165, 1.54) is 0 Å². The van der Waals surface area contributed by atoms with Gasteiger partial charge in [0.2, 0.25) is 0 Å². The largest absolute Gasteiger partial charge is 0.519 e. The van der Waals surface area contributed by atoms with Crippen LogP contribution in [0.3, 0.4) is 0 Å². The van der Waals surface area contributed by atoms with E-state index in [4.69, 9.17) is 23.1 Å². The Morgan fingerprint density at radius 3 is 2.47 bits per heavy atom. The van der Waals surface area contributed by atoms with Crippen molar-refractivity contribution in [3.63, 3.8) is 0 Å². The van der Waals surface area contributed by atoms with Gasteiger partial charge in [-0.15, -0.1) is 0 Å². The number of H-pyrrole nitrogens is 1. The zero-order chi connectivity index (χ0) is 29.9. The molecule has 3 aromatic carbocycles. The van der Waals surface area contributed by atoms with Crippen molar-refractivity contribution in [2.45, 2.75) is 46.3 Å². The standard InChI is InChI=1S/C32H28N4O7/c1-3-4-12-27-33-25-11-7-10-24(30(37)40-18-26-19(2)41-32(39)42-26)28(25)36(27)17-20-13-15-21(16-14-20)22-8-5-6-9-23(22)29-34-31(38)43-35-29/h5-11,13-16H,3-4,12,17-18H2,1-2H3,(H,34,35,38). The molecule has 0 radical (unpaired) electrons. The lowest BCUT2D eigenvalue weighted by Crippen LogP contribution is -2.11. The number of aryl methyl sites for hydroxylation is 2. The Bertz CT molecular complexity index is 2030. The second kappa shape index (κ2) is 11.8. The van der Waals surface area contributed by atoms with Crippen molar-refractivity contribution in [1.29, 1.82) is 0 Å². The van der Waals surface area contributed by atoms with Crippen molar-refractivity contribution in [2.75, 3.05) is 0 Å². The highest BCUT2D eigenvalue weighted by Crippen LogP contribution is 2.30. The van der Waals surface area contributed by atoms with Gasteiger partial charge in [-0.3, -0.25) is 9.51 Å². The number of ether oxygens (including phenoxy) is 1. The van der Waals surface area contributed by atoms with Crippen LogP contribution in [0.2, 0.25) is 0 Å². The maximum Gasteiger partial charge on any atom is 0.519 e. The van der Waals surface area contributed by atoms with Crippen LogP contribution in [-0.4, -0.2) is 25.7 Å². The maximum atomic E-state index is 13.3. The van der Waals surface area contributed by atoms with Crippen molar-refractivity contribution in [1.82, 2.24) is 19.7 Å². The monoisotopic (exact) mass is 580 g/mol. The van der Waals surface area contributed by atoms with Crippen LogP contribution >= 0.6 is 0 Å². The number of hydrogen-bond acceptors (Lipinski definition) is 9. The summed E-state index contributed by atoms with van der Waals surface area (Å²) in [6.07, 6.45) is 2.69. The number of para-hydroxylation sites is 1. The minimum absolute atomic E-state index is 0.166. The van der Waals surface area contributed by atoms with E-state index in [-0.39, 0.29) is 18.1 Å². The molecule has 3 aromatic heterocycles. The average Bonchev–Trinajstić information content (AvgIpc) is 3.70. The van der Waals surface area contributed by atoms with E-state index in [1.807, 2.05) is 54.6 Å². The molecule has 0 fully saturated rings. The topological polar surface area (TPSA) is 146 Å². The van der Waals surface area contributed by atoms with E-state index in [0.29, 0.717) is 29.0 Å². The number of carbonyl (C=O) groups excluding carboxylic acids is 1. The number of aromatic amines is 1. The fraction of sp³-hybridized carbons (Fsp3) is 0.219. The fourth-order valence-corrected chi connectivity index (χ4v) is 5.07. The second-order valence-corrected chi connectivity index (χ2v) is 10.1. The molecule has 0 aliphatic carbocycles. The SMILES string of the molecule is CCCCc1nc2cccc(C(=O)OCc3oc(=O)oc3C)c2n1Cc1ccc(-c2ccccc2-c2noc(=O)[nH]2)cc1. The number of aromatic nitrogens is 4. The molecule has 0 aliphatic heterocycles. The van der Waals surface area contributed by atoms with Gasteiger partial charge in [0.1, 0.15) is 5.82 Å². The van der Waals surface area contributed by atoms with E-state index in [0.717, 1.165) is 47.3 Å². The lowest BCUT2D eigenvalue weighted by Gasteiger charge is -2.13. The Morgan fingerprint density at radius 2 is 1.77 bits per heavy atom. The molecule has 6 aromatic rings. The summed E-state index contributed by atoms with van der Waals surface area (Å²) in [4.78, 5) is 43.7. The van der Waals surface area contributed by atoms with Crippen LogP contribution in [-0.2, 0) is 24.3 Å². The first-order valence-corrected chi connectivity index (χ1v) is 13.9. The highest BCUT2D eigenvalue weighted by Gasteiger charge is 2.21. The van der Waals surface area contributed by atoms with Crippen LogP contribution in [0.15, 0.2) is 89.7 Å². The number of rotatable bonds is 10. The number of carbonyl (C=O) groups is 1. The van der Waals surface area contributed by atoms with Gasteiger partial charge in [-0.1, -0.05) is 73.1 Å². The molecule has 0 saturated carbocycles. The zero-order valence-corrected chi connectivity index (χ0v) is 23.6. The molecular formula is C32H28N4O7. The molecule has 0 unspecified atom stereocenters. The van der Waals surface area contributed by atoms with Gasteiger partial charge in [0.05, 0.1) is 16.6 Å². The maximum absolute atomic E-state index is 13.3. The summed E-state index contributed by atoms with van der Waals surface area (Å²) in [7, 11) is 0. The number of unbranched alkanes of at least 4 members (excludes halogenated alkanes) is 1. The number of nitrogens with one attached hydrogen (secondary N) is 1. The zero-order valence-electron chi connectivity index (χ0n) is 23.6. The Morgan fingerprint density at radius 1 is 0.977 bits per heavy atom. The smallest absolute Gasteiger partial charge is 0.454 e. The molecule has 0 saturated heterocycles. The third-order valence-electron chi connectivity index (χ3n) is 7.22. The van der Waals surface area contributed by atoms with Gasteiger partial charge in [0.25, 0.3) is 0 Å². The van der Waals surface area contributed by atoms with Gasteiger partial charge in [-0.25, -0.2) is 19.4 Å². The van der Waals surface area contributed by atoms with E-state index in [9.17, 15) is 14.4 Å². The highest BCUT2D eigenvalue weighted by molar-refractivity contribution is 6.02. The molecule has 43 heavy (non-hydrogen) atoms. The van der Waals surface area contributed by atoms with Gasteiger partial charge in [0.15, 0.2) is 24.0 Å². The minimum Gasteiger partial charge on any atom is -0.454 e. The quantitative estimate of drug-likeness (QED) is 0.203. The summed E-state index contributed by atoms with van der Waals surface area (Å²) in [6, 6.07) is 21.1. The molecule has 11 nitrogen and oxygen atoms in total. The first-order valence-electron chi connectivity index (χ1n) is 13.9. The van der Waals surface area contributed by atoms with Crippen LogP contribution < -0.4 is 11.6 Å². The van der Waals surface area contributed by atoms with Gasteiger partial charge >= 0.3 is 17.5 Å². The average molecular weight is 581 g/mol. The number of hydrogen-bond donors (Lipinski definition) is 1. The van der Waals surface area contributed by atoms with Crippen LogP contribution in [0, 0.1) is 6.92 Å². The summed E-state index contributed by atoms with van der Waals surface area (Å²) in [6.45, 7) is 3.95. The van der Waals surface area contributed by atoms with Crippen LogP contribution in [0.1, 0.15) is 53.0 Å². The fourth-order valence-electron chi connectivity index (χ4n) is 5.07. The molecule has 3 heterocycles. The van der Waals surface area contributed by atoms with Crippen molar-refractivity contribution in [2.24, 2.45) is 0 Å². The van der Waals surface area contributed by atoms with E-state index in [2.05, 4.69) is 21.6 Å². The second-order valence-electron chi connectivity index (χ2n) is 10.1. The predicted molar refractivity (Wildman–Crippen MR) is 157 cm³/mol. The summed E-state index contributed by atoms with van der Waals surface area (Å²) < 4.78 is 22.1. The van der Waals surface area contributed by atoms with E-state index < -0.39 is 17.5 Å². The summed E-state index contributed by atoms with van der Waals surface area (Å²) in [5.74, 6) is -0.347. The number of nitrogens with zero attached hydrogens (tertiary/aromatic N) is 3. The van der Waals surface area contributed by atoms with Crippen LogP contribution in [0.4, 0.5) is 0 Å². The molecule has 0 bridgehead atoms. The Kier molecular flexibility index (Phi) is 7.61. The molecule has 11 heteroatoms. The summed E-state index contributed by atoms with van der Waals surface area (Å²) in [5, 5.41) is 3.85. The lowest BCUT2D eigenvalue weighted by atomic mass is 9.98. The summed E-state index contributed by atoms with van der Waals surface area (Å²) in [5.41, 5.74) is 5.32. The van der Waals surface area contributed by atoms with E-state index >= 15 is 0 Å². The predicted octanol–water partition coefficient (Wildman–Crippen LogP) is 5.65. The molecule has 0 amide bonds. The highest BCUT2D eigenvalue weighted by atomic mass is 16.6. The molecular weight excluding hydrogens is 552 g/mol. The van der Waals surface area contributed by atoms with Crippen molar-refractivity contribution >= 4 is 17.0 Å². The third-order valence-corrected chi connectivity index (χ3v) is 7.22. The lowest BCUT2D eigenvalue weighted by molar-refractivity contribution is 0.0444. The minimum atomic E-state index is -0.841. The Hall–Kier alpha value is -5.45. The van der Waals surface area contributed by atoms with Gasteiger partial charge < -0.3 is 18.1 Å². The molecule has 0 atom stereocenters. The van der Waals surface area contributed by atoms with Crippen molar-refractivity contribution in [3.8, 4) is 22.5 Å². The third kappa shape index (κ3) is 5.69. The Labute approximate surface area is 244 Å². The van der Waals surface area contributed by atoms with Crippen molar-refractivity contribution < 1.29 is 22.9 Å². The van der Waals surface area contributed by atoms with Crippen LogP contribution in [0.25, 0.3) is 33.5 Å². The van der Waals surface area contributed by atoms with E-state index in [1.54, 1.807) is 19.1 Å². The number of fused-ring (bicyclic) bond motifs is 1. The summed E-state index contributed by atoms with van der Waals surface area (Å²) >= 11 is 0. The number of esters is 1. The number of benzene rings is 3. The molecule has 6 rings (SSSR count). The van der Waals surface area contributed by atoms with Crippen molar-refractivity contribution in [3.05, 3.63) is 116 Å². The normalized spacial score (nSPS) is 11.3. The molecule has 218 valence electrons. The molecule has 0 spiro atoms. The first kappa shape index (κ1) is 27.7.